The summed E-state index contributed by atoms with van der Waals surface area (Å²) in [4.78, 5) is 55.4. The molecule has 0 aliphatic heterocycles. The highest BCUT2D eigenvalue weighted by molar-refractivity contribution is 6.45. The molecule has 0 unspecified atom stereocenters. The summed E-state index contributed by atoms with van der Waals surface area (Å²) in [7, 11) is 1.35. The lowest BCUT2D eigenvalue weighted by Crippen LogP contribution is -2.14. The summed E-state index contributed by atoms with van der Waals surface area (Å²) in [6.45, 7) is 5.14. The van der Waals surface area contributed by atoms with Crippen molar-refractivity contribution in [2.75, 3.05) is 20.3 Å². The van der Waals surface area contributed by atoms with Crippen molar-refractivity contribution < 1.29 is 33.4 Å². The van der Waals surface area contributed by atoms with Crippen LogP contribution in [0.5, 0.6) is 5.75 Å². The Labute approximate surface area is 353 Å². The van der Waals surface area contributed by atoms with Gasteiger partial charge in [-0.15, -0.1) is 10.2 Å². The number of ketones is 2. The SMILES string of the molecule is CCOC(=O)Cn1cc(-c2cc(C)c(C(=O)c3[nH]c(Cl)c(Cl)c3-n3c(C(=O)c4cc(Cl)c(-c5cn(CC(=O)OCC)nn5)cc4OC)cc(Cl)c3Cl)cc2Cl)nn1. The van der Waals surface area contributed by atoms with E-state index >= 15 is 0 Å². The van der Waals surface area contributed by atoms with E-state index < -0.39 is 23.5 Å². The van der Waals surface area contributed by atoms with Crippen molar-refractivity contribution in [3.05, 3.63) is 101 Å². The number of aromatic nitrogens is 8. The lowest BCUT2D eigenvalue weighted by atomic mass is 9.98. The maximum atomic E-state index is 14.4. The molecule has 15 nitrogen and oxygen atoms in total. The third kappa shape index (κ3) is 8.40. The first-order valence-electron chi connectivity index (χ1n) is 16.7. The zero-order valence-corrected chi connectivity index (χ0v) is 34.7. The number of aromatic amines is 1. The molecular weight excluding hydrogens is 869 g/mol. The summed E-state index contributed by atoms with van der Waals surface area (Å²) in [5.41, 5.74) is 1.67. The third-order valence-electron chi connectivity index (χ3n) is 8.37. The van der Waals surface area contributed by atoms with E-state index in [1.165, 1.54) is 57.7 Å². The molecule has 0 amide bonds. The highest BCUT2D eigenvalue weighted by atomic mass is 35.5. The van der Waals surface area contributed by atoms with Crippen LogP contribution in [0.2, 0.25) is 30.4 Å². The van der Waals surface area contributed by atoms with Gasteiger partial charge in [-0.2, -0.15) is 0 Å². The van der Waals surface area contributed by atoms with E-state index in [1.54, 1.807) is 26.8 Å². The van der Waals surface area contributed by atoms with Gasteiger partial charge in [0.1, 0.15) is 51.2 Å². The van der Waals surface area contributed by atoms with E-state index in [0.717, 1.165) is 0 Å². The van der Waals surface area contributed by atoms with E-state index in [2.05, 4.69) is 25.6 Å². The maximum absolute atomic E-state index is 14.4. The molecule has 0 aliphatic rings. The molecule has 0 atom stereocenters. The van der Waals surface area contributed by atoms with Crippen molar-refractivity contribution >= 4 is 93.1 Å². The molecule has 0 aliphatic carbocycles. The van der Waals surface area contributed by atoms with Gasteiger partial charge in [0.2, 0.25) is 11.6 Å². The van der Waals surface area contributed by atoms with Crippen LogP contribution in [0.4, 0.5) is 0 Å². The van der Waals surface area contributed by atoms with Crippen LogP contribution in [-0.2, 0) is 32.2 Å². The van der Waals surface area contributed by atoms with Crippen LogP contribution in [0.3, 0.4) is 0 Å². The molecule has 0 saturated carbocycles. The van der Waals surface area contributed by atoms with Crippen LogP contribution >= 0.6 is 69.6 Å². The van der Waals surface area contributed by atoms with Gasteiger partial charge in [-0.05, 0) is 56.7 Å². The number of halogens is 6. The first kappa shape index (κ1) is 41.7. The van der Waals surface area contributed by atoms with Crippen molar-refractivity contribution in [1.82, 2.24) is 39.5 Å². The fourth-order valence-electron chi connectivity index (χ4n) is 5.82. The van der Waals surface area contributed by atoms with E-state index in [1.807, 2.05) is 0 Å². The second kappa shape index (κ2) is 17.3. The topological polar surface area (TPSA) is 178 Å². The summed E-state index contributed by atoms with van der Waals surface area (Å²) in [5, 5.41) is 15.9. The fraction of sp³-hybridized carbons (Fsp3) is 0.222. The molecule has 4 aromatic heterocycles. The molecule has 4 heterocycles. The Morgan fingerprint density at radius 2 is 1.26 bits per heavy atom. The number of H-pyrrole nitrogens is 1. The molecule has 21 heteroatoms. The summed E-state index contributed by atoms with van der Waals surface area (Å²) in [6, 6.07) is 7.21. The van der Waals surface area contributed by atoms with E-state index in [-0.39, 0.29) is 96.3 Å². The maximum Gasteiger partial charge on any atom is 0.327 e. The zero-order chi connectivity index (χ0) is 41.3. The van der Waals surface area contributed by atoms with Crippen molar-refractivity contribution in [2.45, 2.75) is 33.9 Å². The number of nitrogens with one attached hydrogen (secondary N) is 1. The number of methoxy groups -OCH3 is 1. The molecule has 1 N–H and O–H groups in total. The molecule has 0 fully saturated rings. The number of rotatable bonds is 14. The number of carbonyl (C=O) groups is 4. The van der Waals surface area contributed by atoms with Gasteiger partial charge < -0.3 is 19.2 Å². The second-order valence-electron chi connectivity index (χ2n) is 12.0. The zero-order valence-electron chi connectivity index (χ0n) is 30.1. The Morgan fingerprint density at radius 1 is 0.719 bits per heavy atom. The molecule has 6 aromatic rings. The lowest BCUT2D eigenvalue weighted by Gasteiger charge is -2.15. The molecule has 0 saturated heterocycles. The van der Waals surface area contributed by atoms with Gasteiger partial charge in [-0.25, -0.2) is 9.36 Å². The number of hydrogen-bond acceptors (Lipinski definition) is 11. The Bertz CT molecular complexity index is 2580. The number of carbonyl (C=O) groups excluding carboxylic acids is 4. The van der Waals surface area contributed by atoms with Crippen LogP contribution in [0.25, 0.3) is 28.2 Å². The molecule has 2 aromatic carbocycles. The fourth-order valence-corrected chi connectivity index (χ4v) is 7.17. The molecule has 0 spiro atoms. The van der Waals surface area contributed by atoms with Gasteiger partial charge in [0.25, 0.3) is 0 Å². The second-order valence-corrected chi connectivity index (χ2v) is 14.4. The summed E-state index contributed by atoms with van der Waals surface area (Å²) < 4.78 is 19.3. The van der Waals surface area contributed by atoms with Gasteiger partial charge in [-0.3, -0.25) is 23.7 Å². The third-order valence-corrected chi connectivity index (χ3v) is 10.5. The number of benzene rings is 2. The van der Waals surface area contributed by atoms with E-state index in [0.29, 0.717) is 22.4 Å². The molecule has 296 valence electrons. The van der Waals surface area contributed by atoms with Crippen LogP contribution in [0.15, 0.2) is 42.7 Å². The minimum atomic E-state index is -0.675. The van der Waals surface area contributed by atoms with Crippen molar-refractivity contribution in [2.24, 2.45) is 0 Å². The van der Waals surface area contributed by atoms with Gasteiger partial charge in [0.15, 0.2) is 0 Å². The largest absolute Gasteiger partial charge is 0.496 e. The van der Waals surface area contributed by atoms with Crippen LogP contribution in [-0.4, -0.2) is 83.4 Å². The Morgan fingerprint density at radius 3 is 1.81 bits per heavy atom. The van der Waals surface area contributed by atoms with Crippen molar-refractivity contribution in [3.63, 3.8) is 0 Å². The van der Waals surface area contributed by atoms with Crippen molar-refractivity contribution in [1.29, 1.82) is 0 Å². The highest BCUT2D eigenvalue weighted by Crippen LogP contribution is 2.42. The summed E-state index contributed by atoms with van der Waals surface area (Å²) in [6.07, 6.45) is 3.01. The van der Waals surface area contributed by atoms with Gasteiger partial charge in [-0.1, -0.05) is 80.0 Å². The predicted octanol–water partition coefficient (Wildman–Crippen LogP) is 8.15. The Balaban J connectivity index is 1.37. The van der Waals surface area contributed by atoms with Crippen molar-refractivity contribution in [3.8, 4) is 34.0 Å². The average molecular weight is 897 g/mol. The quantitative estimate of drug-likeness (QED) is 0.0824. The molecule has 0 radical (unpaired) electrons. The minimum absolute atomic E-state index is 0.0136. The first-order valence-corrected chi connectivity index (χ1v) is 19.0. The normalized spacial score (nSPS) is 11.2. The molecule has 6 rings (SSSR count). The standard InChI is InChI=1S/C36H28Cl6N8O7/c1-5-56-28(51)14-48-12-24(44-46-48)18-7-16(3)17(8-21(18)37)34(54)31-32(30(40)35(41)43-31)50-26(11-23(39)36(50)42)33(53)20-9-22(38)19(10-27(20)55-4)25-13-49(47-45-25)15-29(52)57-6-2/h7-13,43H,5-6,14-15H2,1-4H3. The molecule has 57 heavy (non-hydrogen) atoms. The van der Waals surface area contributed by atoms with E-state index in [4.69, 9.17) is 83.8 Å². The van der Waals surface area contributed by atoms with Crippen LogP contribution in [0, 0.1) is 6.92 Å². The van der Waals surface area contributed by atoms with E-state index in [9.17, 15) is 19.2 Å². The Kier molecular flexibility index (Phi) is 12.7. The molecule has 0 bridgehead atoms. The van der Waals surface area contributed by atoms with Gasteiger partial charge >= 0.3 is 11.9 Å². The predicted molar refractivity (Wildman–Crippen MR) is 213 cm³/mol. The number of esters is 2. The number of ether oxygens (including phenoxy) is 3. The summed E-state index contributed by atoms with van der Waals surface area (Å²) in [5.74, 6) is -2.20. The first-order chi connectivity index (χ1) is 27.2. The van der Waals surface area contributed by atoms with Gasteiger partial charge in [0.05, 0.1) is 64.7 Å². The highest BCUT2D eigenvalue weighted by Gasteiger charge is 2.32. The van der Waals surface area contributed by atoms with Gasteiger partial charge in [0, 0.05) is 16.7 Å². The monoisotopic (exact) mass is 894 g/mol. The number of nitrogens with zero attached hydrogens (tertiary/aromatic N) is 7. The smallest absolute Gasteiger partial charge is 0.327 e. The minimum Gasteiger partial charge on any atom is -0.496 e. The lowest BCUT2D eigenvalue weighted by molar-refractivity contribution is -0.145. The number of aryl methyl sites for hydroxylation is 1. The molecular formula is C36H28Cl6N8O7. The summed E-state index contributed by atoms with van der Waals surface area (Å²) >= 11 is 39.8. The average Bonchev–Trinajstić information content (AvgIpc) is 3.96. The number of hydrogen-bond donors (Lipinski definition) is 1. The van der Waals surface area contributed by atoms with Crippen LogP contribution in [0.1, 0.15) is 51.5 Å². The van der Waals surface area contributed by atoms with Crippen LogP contribution < -0.4 is 4.74 Å². The Hall–Kier alpha value is -4.90.